The number of aliphatic hydroxyl groups excluding tert-OH is 1. The molecule has 1 aromatic carbocycles. The van der Waals surface area contributed by atoms with E-state index >= 15 is 0 Å². The highest BCUT2D eigenvalue weighted by Gasteiger charge is 2.14. The Hall–Kier alpha value is -1.06. The first-order valence-corrected chi connectivity index (χ1v) is 7.55. The van der Waals surface area contributed by atoms with E-state index in [2.05, 4.69) is 32.6 Å². The van der Waals surface area contributed by atoms with Gasteiger partial charge in [0.25, 0.3) is 0 Å². The van der Waals surface area contributed by atoms with Crippen LogP contribution in [0.2, 0.25) is 0 Å². The molecule has 1 aromatic rings. The summed E-state index contributed by atoms with van der Waals surface area (Å²) in [6, 6.07) is 9.65. The van der Waals surface area contributed by atoms with Crippen LogP contribution in [0, 0.1) is 11.8 Å². The van der Waals surface area contributed by atoms with Crippen LogP contribution in [-0.4, -0.2) is 42.4 Å². The number of hydrogen-bond donors (Lipinski definition) is 1. The fourth-order valence-corrected chi connectivity index (χ4v) is 2.32. The third kappa shape index (κ3) is 7.51. The van der Waals surface area contributed by atoms with Crippen LogP contribution in [0.25, 0.3) is 0 Å². The minimum Gasteiger partial charge on any atom is -0.491 e. The molecule has 0 bridgehead atoms. The molecule has 1 rings (SSSR count). The van der Waals surface area contributed by atoms with Gasteiger partial charge in [-0.1, -0.05) is 45.9 Å². The maximum absolute atomic E-state index is 10.1. The first-order chi connectivity index (χ1) is 9.47. The normalized spacial score (nSPS) is 13.2. The van der Waals surface area contributed by atoms with Gasteiger partial charge in [0.1, 0.15) is 18.5 Å². The van der Waals surface area contributed by atoms with Crippen LogP contribution in [-0.2, 0) is 0 Å². The highest BCUT2D eigenvalue weighted by molar-refractivity contribution is 5.20. The summed E-state index contributed by atoms with van der Waals surface area (Å²) in [5.74, 6) is 2.03. The van der Waals surface area contributed by atoms with Gasteiger partial charge in [-0.25, -0.2) is 0 Å². The summed E-state index contributed by atoms with van der Waals surface area (Å²) in [6.07, 6.45) is -0.451. The molecule has 0 radical (unpaired) electrons. The van der Waals surface area contributed by atoms with E-state index in [0.29, 0.717) is 25.0 Å². The number of hydrogen-bond acceptors (Lipinski definition) is 3. The van der Waals surface area contributed by atoms with E-state index in [0.717, 1.165) is 18.8 Å². The smallest absolute Gasteiger partial charge is 0.119 e. The lowest BCUT2D eigenvalue weighted by atomic mass is 10.1. The fourth-order valence-electron chi connectivity index (χ4n) is 2.32. The molecule has 0 aliphatic rings. The van der Waals surface area contributed by atoms with Crippen LogP contribution in [0.1, 0.15) is 27.7 Å². The summed E-state index contributed by atoms with van der Waals surface area (Å²) in [5.41, 5.74) is 0. The van der Waals surface area contributed by atoms with Gasteiger partial charge in [0.2, 0.25) is 0 Å². The zero-order valence-electron chi connectivity index (χ0n) is 13.2. The third-order valence-corrected chi connectivity index (χ3v) is 2.90. The van der Waals surface area contributed by atoms with Crippen molar-refractivity contribution in [3.63, 3.8) is 0 Å². The van der Waals surface area contributed by atoms with E-state index in [9.17, 15) is 5.11 Å². The quantitative estimate of drug-likeness (QED) is 0.754. The summed E-state index contributed by atoms with van der Waals surface area (Å²) in [7, 11) is 0. The van der Waals surface area contributed by atoms with Crippen molar-refractivity contribution in [1.82, 2.24) is 4.90 Å². The predicted octanol–water partition coefficient (Wildman–Crippen LogP) is 3.04. The summed E-state index contributed by atoms with van der Waals surface area (Å²) in [5, 5.41) is 10.1. The van der Waals surface area contributed by atoms with Gasteiger partial charge in [0.15, 0.2) is 0 Å². The monoisotopic (exact) mass is 279 g/mol. The van der Waals surface area contributed by atoms with Crippen molar-refractivity contribution in [3.05, 3.63) is 30.3 Å². The Morgan fingerprint density at radius 3 is 2.00 bits per heavy atom. The molecule has 0 aliphatic carbocycles. The molecule has 1 atom stereocenters. The highest BCUT2D eigenvalue weighted by atomic mass is 16.5. The van der Waals surface area contributed by atoms with Gasteiger partial charge in [0, 0.05) is 19.6 Å². The molecule has 0 saturated heterocycles. The van der Waals surface area contributed by atoms with Gasteiger partial charge in [-0.3, -0.25) is 0 Å². The fraction of sp³-hybridized carbons (Fsp3) is 0.647. The van der Waals surface area contributed by atoms with Crippen molar-refractivity contribution in [2.75, 3.05) is 26.2 Å². The number of ether oxygens (including phenoxy) is 1. The summed E-state index contributed by atoms with van der Waals surface area (Å²) >= 11 is 0. The second-order valence-electron chi connectivity index (χ2n) is 6.28. The number of nitrogens with zero attached hydrogens (tertiary/aromatic N) is 1. The molecule has 0 aliphatic heterocycles. The Bertz CT molecular complexity index is 341. The molecule has 0 amide bonds. The van der Waals surface area contributed by atoms with Crippen LogP contribution in [0.5, 0.6) is 5.75 Å². The molecular weight excluding hydrogens is 250 g/mol. The Kier molecular flexibility index (Phi) is 7.63. The van der Waals surface area contributed by atoms with Crippen LogP contribution in [0.15, 0.2) is 30.3 Å². The molecule has 0 spiro atoms. The van der Waals surface area contributed by atoms with Crippen LogP contribution >= 0.6 is 0 Å². The molecular formula is C17H29NO2. The number of para-hydroxylation sites is 1. The lowest BCUT2D eigenvalue weighted by Gasteiger charge is -2.28. The Morgan fingerprint density at radius 2 is 1.50 bits per heavy atom. The third-order valence-electron chi connectivity index (χ3n) is 2.90. The molecule has 0 fully saturated rings. The lowest BCUT2D eigenvalue weighted by molar-refractivity contribution is 0.0601. The second-order valence-corrected chi connectivity index (χ2v) is 6.28. The number of rotatable bonds is 9. The number of benzene rings is 1. The summed E-state index contributed by atoms with van der Waals surface area (Å²) < 4.78 is 5.60. The summed E-state index contributed by atoms with van der Waals surface area (Å²) in [6.45, 7) is 11.9. The first-order valence-electron chi connectivity index (χ1n) is 7.55. The average Bonchev–Trinajstić information content (AvgIpc) is 2.36. The second kappa shape index (κ2) is 8.98. The molecule has 0 aromatic heterocycles. The highest BCUT2D eigenvalue weighted by Crippen LogP contribution is 2.10. The molecule has 114 valence electrons. The Morgan fingerprint density at radius 1 is 0.950 bits per heavy atom. The zero-order valence-corrected chi connectivity index (χ0v) is 13.2. The van der Waals surface area contributed by atoms with E-state index < -0.39 is 6.10 Å². The van der Waals surface area contributed by atoms with Crippen molar-refractivity contribution in [2.45, 2.75) is 33.8 Å². The molecule has 20 heavy (non-hydrogen) atoms. The zero-order chi connectivity index (χ0) is 15.0. The Labute approximate surface area is 123 Å². The maximum Gasteiger partial charge on any atom is 0.119 e. The van der Waals surface area contributed by atoms with E-state index in [1.165, 1.54) is 0 Å². The standard InChI is InChI=1S/C17H29NO2/c1-14(2)10-18(11-15(3)4)12-16(19)13-20-17-8-6-5-7-9-17/h5-9,14-16,19H,10-13H2,1-4H3/t16-/m1/s1. The van der Waals surface area contributed by atoms with Crippen molar-refractivity contribution >= 4 is 0 Å². The van der Waals surface area contributed by atoms with E-state index in [-0.39, 0.29) is 0 Å². The van der Waals surface area contributed by atoms with E-state index in [1.54, 1.807) is 0 Å². The number of aliphatic hydroxyl groups is 1. The van der Waals surface area contributed by atoms with Gasteiger partial charge in [-0.2, -0.15) is 0 Å². The van der Waals surface area contributed by atoms with Gasteiger partial charge in [-0.15, -0.1) is 0 Å². The predicted molar refractivity (Wildman–Crippen MR) is 84.1 cm³/mol. The average molecular weight is 279 g/mol. The van der Waals surface area contributed by atoms with Crippen molar-refractivity contribution in [2.24, 2.45) is 11.8 Å². The minimum absolute atomic E-state index is 0.344. The molecule has 3 nitrogen and oxygen atoms in total. The van der Waals surface area contributed by atoms with Crippen LogP contribution in [0.3, 0.4) is 0 Å². The molecule has 0 heterocycles. The topological polar surface area (TPSA) is 32.7 Å². The largest absolute Gasteiger partial charge is 0.491 e. The lowest BCUT2D eigenvalue weighted by Crippen LogP contribution is -2.39. The van der Waals surface area contributed by atoms with E-state index in [4.69, 9.17) is 4.74 Å². The Balaban J connectivity index is 2.38. The molecule has 0 saturated carbocycles. The van der Waals surface area contributed by atoms with Crippen molar-refractivity contribution in [1.29, 1.82) is 0 Å². The van der Waals surface area contributed by atoms with Gasteiger partial charge in [-0.05, 0) is 24.0 Å². The molecule has 1 N–H and O–H groups in total. The SMILES string of the molecule is CC(C)CN(CC(C)C)C[C@@H](O)COc1ccccc1. The van der Waals surface area contributed by atoms with E-state index in [1.807, 2.05) is 30.3 Å². The van der Waals surface area contributed by atoms with Gasteiger partial charge >= 0.3 is 0 Å². The summed E-state index contributed by atoms with van der Waals surface area (Å²) in [4.78, 5) is 2.33. The maximum atomic E-state index is 10.1. The van der Waals surface area contributed by atoms with Crippen molar-refractivity contribution in [3.8, 4) is 5.75 Å². The van der Waals surface area contributed by atoms with Crippen LogP contribution < -0.4 is 4.74 Å². The van der Waals surface area contributed by atoms with Gasteiger partial charge in [0.05, 0.1) is 0 Å². The van der Waals surface area contributed by atoms with Crippen LogP contribution in [0.4, 0.5) is 0 Å². The molecule has 3 heteroatoms. The molecule has 0 unspecified atom stereocenters. The van der Waals surface area contributed by atoms with Crippen molar-refractivity contribution < 1.29 is 9.84 Å². The van der Waals surface area contributed by atoms with Gasteiger partial charge < -0.3 is 14.7 Å². The first kappa shape index (κ1) is 17.0. The minimum atomic E-state index is -0.451.